The van der Waals surface area contributed by atoms with Crippen LogP contribution in [0.5, 0.6) is 5.88 Å². The smallest absolute Gasteiger partial charge is 0.247 e. The summed E-state index contributed by atoms with van der Waals surface area (Å²) in [6, 6.07) is 16.1. The second-order valence-corrected chi connectivity index (χ2v) is 7.97. The van der Waals surface area contributed by atoms with E-state index in [-0.39, 0.29) is 6.23 Å². The average Bonchev–Trinajstić information content (AvgIpc) is 2.83. The molecule has 1 atom stereocenters. The number of hydrogen-bond acceptors (Lipinski definition) is 6. The molecule has 0 bridgehead atoms. The second kappa shape index (κ2) is 8.10. The van der Waals surface area contributed by atoms with Crippen molar-refractivity contribution in [3.05, 3.63) is 64.6 Å². The predicted molar refractivity (Wildman–Crippen MR) is 113 cm³/mol. The van der Waals surface area contributed by atoms with E-state index in [0.29, 0.717) is 16.7 Å². The van der Waals surface area contributed by atoms with Gasteiger partial charge in [0.05, 0.1) is 0 Å². The van der Waals surface area contributed by atoms with Crippen LogP contribution in [0.25, 0.3) is 17.3 Å². The van der Waals surface area contributed by atoms with Crippen LogP contribution in [0, 0.1) is 0 Å². The lowest BCUT2D eigenvalue weighted by molar-refractivity contribution is 0.266. The van der Waals surface area contributed by atoms with E-state index in [2.05, 4.69) is 43.4 Å². The zero-order chi connectivity index (χ0) is 18.6. The molecule has 0 fully saturated rings. The van der Waals surface area contributed by atoms with Crippen LogP contribution in [0.1, 0.15) is 12.5 Å². The van der Waals surface area contributed by atoms with Crippen LogP contribution in [0.2, 0.25) is 0 Å². The first-order valence-electron chi connectivity index (χ1n) is 8.57. The Labute approximate surface area is 170 Å². The van der Waals surface area contributed by atoms with Crippen LogP contribution >= 0.6 is 27.7 Å². The summed E-state index contributed by atoms with van der Waals surface area (Å²) in [5.74, 6) is 1.35. The molecule has 27 heavy (non-hydrogen) atoms. The van der Waals surface area contributed by atoms with Crippen molar-refractivity contribution < 1.29 is 4.74 Å². The molecule has 1 unspecified atom stereocenters. The van der Waals surface area contributed by atoms with Crippen molar-refractivity contribution in [3.8, 4) is 17.1 Å². The molecule has 1 aliphatic rings. The molecule has 0 saturated carbocycles. The topological polar surface area (TPSA) is 59.9 Å². The van der Waals surface area contributed by atoms with E-state index in [1.807, 2.05) is 60.7 Å². The van der Waals surface area contributed by atoms with Crippen LogP contribution in [0.15, 0.2) is 64.2 Å². The molecule has 5 nitrogen and oxygen atoms in total. The fraction of sp³-hybridized carbons (Fsp3) is 0.150. The lowest BCUT2D eigenvalue weighted by Crippen LogP contribution is -2.23. The summed E-state index contributed by atoms with van der Waals surface area (Å²) >= 11 is 5.07. The molecule has 0 aliphatic carbocycles. The fourth-order valence-electron chi connectivity index (χ4n) is 2.73. The van der Waals surface area contributed by atoms with Gasteiger partial charge in [-0.15, -0.1) is 10.2 Å². The lowest BCUT2D eigenvalue weighted by Gasteiger charge is -2.15. The molecule has 0 spiro atoms. The van der Waals surface area contributed by atoms with Gasteiger partial charge in [0.2, 0.25) is 11.0 Å². The van der Waals surface area contributed by atoms with Crippen LogP contribution in [0.3, 0.4) is 0 Å². The molecular formula is C20H17BrN4OS. The van der Waals surface area contributed by atoms with Crippen LogP contribution in [-0.2, 0) is 0 Å². The van der Waals surface area contributed by atoms with Gasteiger partial charge in [0.1, 0.15) is 0 Å². The first-order chi connectivity index (χ1) is 13.2. The number of anilines is 1. The molecule has 7 heteroatoms. The third-order valence-electron chi connectivity index (χ3n) is 3.94. The Morgan fingerprint density at radius 1 is 1.19 bits per heavy atom. The molecule has 0 radical (unpaired) electrons. The minimum atomic E-state index is -0.373. The van der Waals surface area contributed by atoms with Crippen molar-refractivity contribution >= 4 is 39.5 Å². The first kappa shape index (κ1) is 18.0. The molecule has 2 aromatic carbocycles. The van der Waals surface area contributed by atoms with Crippen molar-refractivity contribution in [2.24, 2.45) is 0 Å². The molecule has 2 heterocycles. The summed E-state index contributed by atoms with van der Waals surface area (Å²) in [4.78, 5) is 4.57. The van der Waals surface area contributed by atoms with E-state index >= 15 is 0 Å². The molecule has 4 rings (SSSR count). The Morgan fingerprint density at radius 3 is 2.85 bits per heavy atom. The number of halogens is 1. The van der Waals surface area contributed by atoms with E-state index in [1.54, 1.807) is 0 Å². The largest absolute Gasteiger partial charge is 0.448 e. The van der Waals surface area contributed by atoms with Gasteiger partial charge in [-0.25, -0.2) is 0 Å². The number of ether oxygens (including phenoxy) is 1. The normalized spacial score (nSPS) is 15.4. The van der Waals surface area contributed by atoms with E-state index in [1.165, 1.54) is 11.8 Å². The monoisotopic (exact) mass is 440 g/mol. The van der Waals surface area contributed by atoms with Gasteiger partial charge in [-0.1, -0.05) is 71.0 Å². The van der Waals surface area contributed by atoms with Crippen molar-refractivity contribution in [3.63, 3.8) is 0 Å². The van der Waals surface area contributed by atoms with Crippen LogP contribution in [0.4, 0.5) is 5.69 Å². The maximum atomic E-state index is 6.15. The molecule has 136 valence electrons. The second-order valence-electron chi connectivity index (χ2n) is 5.82. The quantitative estimate of drug-likeness (QED) is 0.558. The molecular weight excluding hydrogens is 424 g/mol. The van der Waals surface area contributed by atoms with Crippen LogP contribution < -0.4 is 10.1 Å². The van der Waals surface area contributed by atoms with Gasteiger partial charge in [0, 0.05) is 15.7 Å². The van der Waals surface area contributed by atoms with Gasteiger partial charge in [0.15, 0.2) is 11.9 Å². The van der Waals surface area contributed by atoms with Gasteiger partial charge >= 0.3 is 0 Å². The third-order valence-corrected chi connectivity index (χ3v) is 5.16. The van der Waals surface area contributed by atoms with Gasteiger partial charge in [-0.3, -0.25) is 0 Å². The summed E-state index contributed by atoms with van der Waals surface area (Å²) in [6.07, 6.45) is 3.63. The summed E-state index contributed by atoms with van der Waals surface area (Å²) < 4.78 is 7.11. The molecule has 0 amide bonds. The predicted octanol–water partition coefficient (Wildman–Crippen LogP) is 5.26. The summed E-state index contributed by atoms with van der Waals surface area (Å²) in [5, 5.41) is 12.6. The Morgan fingerprint density at radius 2 is 2.04 bits per heavy atom. The number of hydrogen-bond donors (Lipinski definition) is 1. The van der Waals surface area contributed by atoms with Crippen molar-refractivity contribution in [1.29, 1.82) is 0 Å². The van der Waals surface area contributed by atoms with Gasteiger partial charge in [-0.2, -0.15) is 4.98 Å². The number of nitrogens with zero attached hydrogens (tertiary/aromatic N) is 3. The number of thioether (sulfide) groups is 1. The van der Waals surface area contributed by atoms with Crippen molar-refractivity contribution in [2.75, 3.05) is 11.1 Å². The lowest BCUT2D eigenvalue weighted by atomic mass is 10.1. The maximum absolute atomic E-state index is 6.15. The number of aromatic nitrogens is 3. The average molecular weight is 441 g/mol. The Kier molecular flexibility index (Phi) is 5.40. The van der Waals surface area contributed by atoms with Gasteiger partial charge in [-0.05, 0) is 35.6 Å². The maximum Gasteiger partial charge on any atom is 0.247 e. The summed E-state index contributed by atoms with van der Waals surface area (Å²) in [7, 11) is 0. The third kappa shape index (κ3) is 4.14. The highest BCUT2D eigenvalue weighted by Gasteiger charge is 2.24. The Bertz CT molecular complexity index is 981. The standard InChI is InChI=1S/C20H17BrN4OS/c1-2-27-20-23-19-18(24-25-20)15-12-14(21)9-10-16(15)22-17(26-19)11-8-13-6-4-3-5-7-13/h3-12,17,22H,2H2,1H3/b11-8+. The van der Waals surface area contributed by atoms with Crippen molar-refractivity contribution in [1.82, 2.24) is 15.2 Å². The minimum absolute atomic E-state index is 0.373. The zero-order valence-corrected chi connectivity index (χ0v) is 17.0. The van der Waals surface area contributed by atoms with Crippen LogP contribution in [-0.4, -0.2) is 27.2 Å². The highest BCUT2D eigenvalue weighted by atomic mass is 79.9. The van der Waals surface area contributed by atoms with E-state index in [0.717, 1.165) is 27.0 Å². The summed E-state index contributed by atoms with van der Waals surface area (Å²) in [6.45, 7) is 2.06. The SMILES string of the molecule is CCSc1nnc2c(n1)OC(/C=C/c1ccccc1)Nc1ccc(Br)cc1-2. The number of benzene rings is 2. The van der Waals surface area contributed by atoms with E-state index < -0.39 is 0 Å². The van der Waals surface area contributed by atoms with Gasteiger partial charge < -0.3 is 10.1 Å². The van der Waals surface area contributed by atoms with E-state index in [4.69, 9.17) is 4.74 Å². The first-order valence-corrected chi connectivity index (χ1v) is 10.3. The highest BCUT2D eigenvalue weighted by Crippen LogP contribution is 2.38. The van der Waals surface area contributed by atoms with Gasteiger partial charge in [0.25, 0.3) is 0 Å². The van der Waals surface area contributed by atoms with Crippen molar-refractivity contribution in [2.45, 2.75) is 18.3 Å². The number of fused-ring (bicyclic) bond motifs is 3. The highest BCUT2D eigenvalue weighted by molar-refractivity contribution is 9.10. The summed E-state index contributed by atoms with van der Waals surface area (Å²) in [5.41, 5.74) is 3.57. The fourth-order valence-corrected chi connectivity index (χ4v) is 3.60. The minimum Gasteiger partial charge on any atom is -0.448 e. The Balaban J connectivity index is 1.74. The van der Waals surface area contributed by atoms with E-state index in [9.17, 15) is 0 Å². The Hall–Kier alpha value is -2.38. The molecule has 0 saturated heterocycles. The number of nitrogens with one attached hydrogen (secondary N) is 1. The number of rotatable bonds is 4. The molecule has 1 aromatic heterocycles. The molecule has 1 N–H and O–H groups in total. The molecule has 1 aliphatic heterocycles. The zero-order valence-electron chi connectivity index (χ0n) is 14.6. The molecule has 3 aromatic rings.